The molecule has 1 atom stereocenters. The van der Waals surface area contributed by atoms with E-state index in [4.69, 9.17) is 10.9 Å². The molecule has 0 aliphatic heterocycles. The van der Waals surface area contributed by atoms with Gasteiger partial charge in [0.25, 0.3) is 0 Å². The Kier molecular flexibility index (Phi) is 4.04. The molecule has 6 nitrogen and oxygen atoms in total. The smallest absolute Gasteiger partial charge is 0.225 e. The van der Waals surface area contributed by atoms with Crippen LogP contribution in [0.3, 0.4) is 0 Å². The van der Waals surface area contributed by atoms with Gasteiger partial charge in [0.1, 0.15) is 5.84 Å². The Bertz CT molecular complexity index is 362. The minimum Gasteiger partial charge on any atom is -0.409 e. The van der Waals surface area contributed by atoms with E-state index < -0.39 is 0 Å². The maximum Gasteiger partial charge on any atom is 0.225 e. The number of nitrogens with zero attached hydrogens (tertiary/aromatic N) is 4. The van der Waals surface area contributed by atoms with Crippen LogP contribution in [0.2, 0.25) is 0 Å². The quantitative estimate of drug-likeness (QED) is 0.340. The average molecular weight is 223 g/mol. The predicted molar refractivity (Wildman–Crippen MR) is 62.7 cm³/mol. The summed E-state index contributed by atoms with van der Waals surface area (Å²) in [7, 11) is 1.87. The van der Waals surface area contributed by atoms with Gasteiger partial charge in [-0.2, -0.15) is 0 Å². The number of hydrogen-bond acceptors (Lipinski definition) is 5. The molecule has 0 amide bonds. The molecule has 3 N–H and O–H groups in total. The van der Waals surface area contributed by atoms with Gasteiger partial charge in [-0.3, -0.25) is 0 Å². The predicted octanol–water partition coefficient (Wildman–Crippen LogP) is 0.746. The zero-order chi connectivity index (χ0) is 12.1. The molecule has 1 aromatic heterocycles. The van der Waals surface area contributed by atoms with Crippen molar-refractivity contribution in [3.8, 4) is 0 Å². The van der Waals surface area contributed by atoms with Gasteiger partial charge in [-0.1, -0.05) is 5.16 Å². The first-order chi connectivity index (χ1) is 7.54. The summed E-state index contributed by atoms with van der Waals surface area (Å²) in [5.41, 5.74) is 6.46. The van der Waals surface area contributed by atoms with Crippen LogP contribution in [-0.4, -0.2) is 34.1 Å². The zero-order valence-electron chi connectivity index (χ0n) is 9.75. The second-order valence-corrected chi connectivity index (χ2v) is 3.82. The lowest BCUT2D eigenvalue weighted by Crippen LogP contribution is -2.34. The number of nitrogens with two attached hydrogens (primary N) is 1. The van der Waals surface area contributed by atoms with Crippen molar-refractivity contribution in [2.75, 3.05) is 11.9 Å². The Labute approximate surface area is 94.8 Å². The van der Waals surface area contributed by atoms with E-state index in [1.54, 1.807) is 12.4 Å². The molecular weight excluding hydrogens is 206 g/mol. The number of hydrogen-bond donors (Lipinski definition) is 2. The van der Waals surface area contributed by atoms with Crippen molar-refractivity contribution in [3.05, 3.63) is 18.0 Å². The molecule has 16 heavy (non-hydrogen) atoms. The van der Waals surface area contributed by atoms with Gasteiger partial charge >= 0.3 is 0 Å². The summed E-state index contributed by atoms with van der Waals surface area (Å²) in [6.45, 7) is 3.89. The van der Waals surface area contributed by atoms with Gasteiger partial charge in [-0.05, 0) is 19.4 Å². The summed E-state index contributed by atoms with van der Waals surface area (Å²) in [6.07, 6.45) is 3.98. The lowest BCUT2D eigenvalue weighted by Gasteiger charge is -2.24. The van der Waals surface area contributed by atoms with Crippen LogP contribution in [0.4, 0.5) is 5.95 Å². The topological polar surface area (TPSA) is 87.6 Å². The number of aryl methyl sites for hydroxylation is 1. The molecule has 0 fully saturated rings. The van der Waals surface area contributed by atoms with Crippen molar-refractivity contribution in [2.24, 2.45) is 10.9 Å². The molecule has 1 unspecified atom stereocenters. The van der Waals surface area contributed by atoms with Gasteiger partial charge < -0.3 is 15.8 Å². The summed E-state index contributed by atoms with van der Waals surface area (Å²) < 4.78 is 0. The third kappa shape index (κ3) is 3.08. The van der Waals surface area contributed by atoms with E-state index in [-0.39, 0.29) is 11.9 Å². The maximum absolute atomic E-state index is 8.49. The minimum absolute atomic E-state index is 0.0682. The Morgan fingerprint density at radius 1 is 1.56 bits per heavy atom. The first-order valence-electron chi connectivity index (χ1n) is 5.02. The molecule has 0 aliphatic rings. The Hall–Kier alpha value is -1.85. The second kappa shape index (κ2) is 5.29. The Morgan fingerprint density at radius 3 is 2.62 bits per heavy atom. The summed E-state index contributed by atoms with van der Waals surface area (Å²) in [5.74, 6) is 0.829. The molecule has 0 saturated heterocycles. The van der Waals surface area contributed by atoms with Crippen molar-refractivity contribution in [1.82, 2.24) is 9.97 Å². The van der Waals surface area contributed by atoms with Crippen molar-refractivity contribution >= 4 is 11.8 Å². The highest BCUT2D eigenvalue weighted by atomic mass is 16.4. The van der Waals surface area contributed by atoms with Gasteiger partial charge in [0.2, 0.25) is 5.95 Å². The van der Waals surface area contributed by atoms with Gasteiger partial charge in [-0.15, -0.1) is 0 Å². The fourth-order valence-corrected chi connectivity index (χ4v) is 1.25. The SMILES string of the molecule is Cc1cnc(N(C)C(C)CC(N)=NO)nc1. The average Bonchev–Trinajstić information content (AvgIpc) is 2.28. The van der Waals surface area contributed by atoms with Crippen molar-refractivity contribution in [2.45, 2.75) is 26.3 Å². The highest BCUT2D eigenvalue weighted by Gasteiger charge is 2.13. The van der Waals surface area contributed by atoms with E-state index in [1.807, 2.05) is 25.8 Å². The van der Waals surface area contributed by atoms with Crippen LogP contribution in [0.25, 0.3) is 0 Å². The van der Waals surface area contributed by atoms with Crippen LogP contribution >= 0.6 is 0 Å². The van der Waals surface area contributed by atoms with Crippen molar-refractivity contribution < 1.29 is 5.21 Å². The van der Waals surface area contributed by atoms with Crippen LogP contribution < -0.4 is 10.6 Å². The van der Waals surface area contributed by atoms with E-state index >= 15 is 0 Å². The van der Waals surface area contributed by atoms with Crippen LogP contribution in [-0.2, 0) is 0 Å². The summed E-state index contributed by atoms with van der Waals surface area (Å²) in [6, 6.07) is 0.0682. The van der Waals surface area contributed by atoms with Gasteiger partial charge in [0, 0.05) is 31.9 Å². The first kappa shape index (κ1) is 12.2. The highest BCUT2D eigenvalue weighted by molar-refractivity contribution is 5.80. The normalized spacial score (nSPS) is 13.6. The number of oxime groups is 1. The molecule has 6 heteroatoms. The fourth-order valence-electron chi connectivity index (χ4n) is 1.25. The van der Waals surface area contributed by atoms with Gasteiger partial charge in [-0.25, -0.2) is 9.97 Å². The maximum atomic E-state index is 8.49. The van der Waals surface area contributed by atoms with Gasteiger partial charge in [0.15, 0.2) is 0 Å². The number of aromatic nitrogens is 2. The molecule has 1 rings (SSSR count). The van der Waals surface area contributed by atoms with E-state index in [0.29, 0.717) is 12.4 Å². The van der Waals surface area contributed by atoms with Crippen LogP contribution in [0.1, 0.15) is 18.9 Å². The van der Waals surface area contributed by atoms with Crippen molar-refractivity contribution in [3.63, 3.8) is 0 Å². The monoisotopic (exact) mass is 223 g/mol. The third-order valence-electron chi connectivity index (χ3n) is 2.38. The van der Waals surface area contributed by atoms with E-state index in [9.17, 15) is 0 Å². The lowest BCUT2D eigenvalue weighted by molar-refractivity contribution is 0.316. The van der Waals surface area contributed by atoms with E-state index in [1.165, 1.54) is 0 Å². The highest BCUT2D eigenvalue weighted by Crippen LogP contribution is 2.10. The molecule has 0 spiro atoms. The van der Waals surface area contributed by atoms with E-state index in [0.717, 1.165) is 5.56 Å². The molecule has 0 bridgehead atoms. The van der Waals surface area contributed by atoms with Crippen LogP contribution in [0.15, 0.2) is 17.5 Å². The summed E-state index contributed by atoms with van der Waals surface area (Å²) >= 11 is 0. The fraction of sp³-hybridized carbons (Fsp3) is 0.500. The zero-order valence-corrected chi connectivity index (χ0v) is 9.75. The van der Waals surface area contributed by atoms with Crippen LogP contribution in [0, 0.1) is 6.92 Å². The number of amidine groups is 1. The van der Waals surface area contributed by atoms with Gasteiger partial charge in [0.05, 0.1) is 0 Å². The summed E-state index contributed by atoms with van der Waals surface area (Å²) in [4.78, 5) is 10.3. The molecule has 1 heterocycles. The Balaban J connectivity index is 2.70. The lowest BCUT2D eigenvalue weighted by atomic mass is 10.2. The van der Waals surface area contributed by atoms with E-state index in [2.05, 4.69) is 15.1 Å². The first-order valence-corrected chi connectivity index (χ1v) is 5.02. The molecule has 0 saturated carbocycles. The molecule has 0 aromatic carbocycles. The Morgan fingerprint density at radius 2 is 2.12 bits per heavy atom. The number of anilines is 1. The number of rotatable bonds is 4. The van der Waals surface area contributed by atoms with Crippen LogP contribution in [0.5, 0.6) is 0 Å². The second-order valence-electron chi connectivity index (χ2n) is 3.82. The largest absolute Gasteiger partial charge is 0.409 e. The molecule has 88 valence electrons. The molecular formula is C10H17N5O. The molecule has 1 aromatic rings. The van der Waals surface area contributed by atoms with Crippen molar-refractivity contribution in [1.29, 1.82) is 0 Å². The molecule has 0 radical (unpaired) electrons. The molecule has 0 aliphatic carbocycles. The minimum atomic E-state index is 0.0682. The standard InChI is InChI=1S/C10H17N5O/c1-7-5-12-10(13-6-7)15(3)8(2)4-9(11)14-16/h5-6,8,16H,4H2,1-3H3,(H2,11,14). The summed E-state index contributed by atoms with van der Waals surface area (Å²) in [5, 5.41) is 11.4. The third-order valence-corrected chi connectivity index (χ3v) is 2.38.